The van der Waals surface area contributed by atoms with Crippen LogP contribution in [0.4, 0.5) is 0 Å². The highest BCUT2D eigenvalue weighted by Crippen LogP contribution is 2.27. The summed E-state index contributed by atoms with van der Waals surface area (Å²) >= 11 is 0. The van der Waals surface area contributed by atoms with Crippen LogP contribution in [0.1, 0.15) is 89.7 Å². The quantitative estimate of drug-likeness (QED) is 0.115. The topological polar surface area (TPSA) is 67.0 Å². The third-order valence-electron chi connectivity index (χ3n) is 5.97. The molecule has 0 aliphatic heterocycles. The first kappa shape index (κ1) is 28.8. The third-order valence-corrected chi connectivity index (χ3v) is 5.97. The molecule has 2 rings (SSSR count). The molecule has 0 heterocycles. The minimum Gasteiger partial charge on any atom is -0.475 e. The van der Waals surface area contributed by atoms with Gasteiger partial charge in [0, 0.05) is 24.4 Å². The van der Waals surface area contributed by atoms with Crippen LogP contribution in [-0.2, 0) is 4.74 Å². The van der Waals surface area contributed by atoms with Gasteiger partial charge < -0.3 is 9.47 Å². The maximum Gasteiger partial charge on any atom is 0.212 e. The lowest BCUT2D eigenvalue weighted by atomic mass is 10.0. The number of nitriles is 1. The zero-order valence-corrected chi connectivity index (χ0v) is 22.3. The van der Waals surface area contributed by atoms with Crippen molar-refractivity contribution in [2.75, 3.05) is 6.54 Å². The number of nitrogens with zero attached hydrogens (tertiary/aromatic N) is 3. The molecule has 1 aliphatic carbocycles. The lowest BCUT2D eigenvalue weighted by Gasteiger charge is -2.16. The maximum absolute atomic E-state index is 9.52. The van der Waals surface area contributed by atoms with Crippen LogP contribution in [0.15, 0.2) is 77.1 Å². The van der Waals surface area contributed by atoms with E-state index in [0.29, 0.717) is 29.5 Å². The van der Waals surface area contributed by atoms with E-state index < -0.39 is 0 Å². The van der Waals surface area contributed by atoms with Gasteiger partial charge in [0.2, 0.25) is 5.90 Å². The summed E-state index contributed by atoms with van der Waals surface area (Å²) in [6.07, 6.45) is 16.7. The van der Waals surface area contributed by atoms with Crippen molar-refractivity contribution in [3.8, 4) is 11.8 Å². The summed E-state index contributed by atoms with van der Waals surface area (Å²) in [7, 11) is 0. The zero-order valence-electron chi connectivity index (χ0n) is 22.3. The molecule has 0 N–H and O–H groups in total. The highest BCUT2D eigenvalue weighted by atomic mass is 16.5. The monoisotopic (exact) mass is 487 g/mol. The van der Waals surface area contributed by atoms with E-state index in [1.165, 1.54) is 12.8 Å². The normalized spacial score (nSPS) is 15.5. The van der Waals surface area contributed by atoms with Crippen LogP contribution in [0.5, 0.6) is 5.75 Å². The molecule has 0 unspecified atom stereocenters. The SMILES string of the molecule is C=C/C(=C\N=C(/CCC)c1ccc(C#N)cc1O/C(C=C)=C/C(=N\CC)OC1CCCC1)CCCC. The molecule has 0 radical (unpaired) electrons. The van der Waals surface area contributed by atoms with Gasteiger partial charge in [-0.25, -0.2) is 0 Å². The van der Waals surface area contributed by atoms with Gasteiger partial charge in [-0.3, -0.25) is 9.98 Å². The standard InChI is InChI=1S/C31H41N3O2/c1-6-11-15-24(8-3)23-34-29(14-7-2)28-19-18-25(22-32)20-30(28)35-26(9-4)21-31(33-10-5)36-27-16-12-13-17-27/h8-9,18-21,23,27H,3-4,6-7,10-17H2,1-2,5H3/b24-23+,26-21+,33-31+,34-29+. The van der Waals surface area contributed by atoms with Gasteiger partial charge in [0.25, 0.3) is 0 Å². The first-order chi connectivity index (χ1) is 17.6. The Balaban J connectivity index is 2.44. The van der Waals surface area contributed by atoms with E-state index in [4.69, 9.17) is 14.5 Å². The fourth-order valence-electron chi connectivity index (χ4n) is 4.01. The van der Waals surface area contributed by atoms with E-state index in [2.05, 4.69) is 38.1 Å². The van der Waals surface area contributed by atoms with Crippen molar-refractivity contribution in [1.29, 1.82) is 5.26 Å². The first-order valence-electron chi connectivity index (χ1n) is 13.2. The van der Waals surface area contributed by atoms with E-state index in [1.807, 2.05) is 25.3 Å². The zero-order chi connectivity index (χ0) is 26.2. The molecule has 1 saturated carbocycles. The van der Waals surface area contributed by atoms with Crippen molar-refractivity contribution in [3.05, 3.63) is 78.2 Å². The largest absolute Gasteiger partial charge is 0.475 e. The molecule has 192 valence electrons. The van der Waals surface area contributed by atoms with Gasteiger partial charge in [-0.15, -0.1) is 0 Å². The molecular weight excluding hydrogens is 446 g/mol. The molecule has 36 heavy (non-hydrogen) atoms. The Labute approximate surface area is 217 Å². The Kier molecular flexibility index (Phi) is 13.1. The van der Waals surface area contributed by atoms with Crippen LogP contribution in [0.3, 0.4) is 0 Å². The molecule has 0 bridgehead atoms. The number of hydrogen-bond acceptors (Lipinski definition) is 5. The molecular formula is C31H41N3O2. The van der Waals surface area contributed by atoms with Gasteiger partial charge in [-0.1, -0.05) is 45.9 Å². The molecule has 5 nitrogen and oxygen atoms in total. The van der Waals surface area contributed by atoms with Crippen molar-refractivity contribution in [3.63, 3.8) is 0 Å². The molecule has 1 aliphatic rings. The molecule has 0 aromatic heterocycles. The van der Waals surface area contributed by atoms with Crippen molar-refractivity contribution in [2.24, 2.45) is 9.98 Å². The fraction of sp³-hybridized carbons (Fsp3) is 0.452. The molecule has 0 atom stereocenters. The summed E-state index contributed by atoms with van der Waals surface area (Å²) in [5.41, 5.74) is 3.38. The van der Waals surface area contributed by atoms with Crippen LogP contribution in [0.2, 0.25) is 0 Å². The average Bonchev–Trinajstić information content (AvgIpc) is 3.41. The first-order valence-corrected chi connectivity index (χ1v) is 13.2. The van der Waals surface area contributed by atoms with Crippen molar-refractivity contribution >= 4 is 11.6 Å². The number of allylic oxidation sites excluding steroid dienone is 3. The molecule has 0 amide bonds. The average molecular weight is 488 g/mol. The van der Waals surface area contributed by atoms with E-state index in [1.54, 1.807) is 24.3 Å². The van der Waals surface area contributed by atoms with E-state index in [-0.39, 0.29) is 6.10 Å². The Morgan fingerprint density at radius 2 is 1.89 bits per heavy atom. The van der Waals surface area contributed by atoms with Gasteiger partial charge in [-0.05, 0) is 81.7 Å². The molecule has 0 spiro atoms. The number of benzene rings is 1. The number of ether oxygens (including phenoxy) is 2. The molecule has 0 saturated heterocycles. The second-order valence-corrected chi connectivity index (χ2v) is 8.85. The van der Waals surface area contributed by atoms with Gasteiger partial charge in [0.05, 0.1) is 17.3 Å². The van der Waals surface area contributed by atoms with Crippen molar-refractivity contribution < 1.29 is 9.47 Å². The Morgan fingerprint density at radius 1 is 1.11 bits per heavy atom. The van der Waals surface area contributed by atoms with Crippen molar-refractivity contribution in [1.82, 2.24) is 0 Å². The number of aliphatic imine (C=N–C) groups is 2. The van der Waals surface area contributed by atoms with E-state index in [9.17, 15) is 5.26 Å². The molecule has 5 heteroatoms. The number of hydrogen-bond donors (Lipinski definition) is 0. The lowest BCUT2D eigenvalue weighted by molar-refractivity contribution is 0.197. The van der Waals surface area contributed by atoms with Crippen LogP contribution < -0.4 is 4.74 Å². The molecule has 1 fully saturated rings. The minimum absolute atomic E-state index is 0.192. The summed E-state index contributed by atoms with van der Waals surface area (Å²) in [5, 5.41) is 9.52. The van der Waals surface area contributed by atoms with E-state index in [0.717, 1.165) is 61.8 Å². The van der Waals surface area contributed by atoms with Gasteiger partial charge in [-0.2, -0.15) is 5.26 Å². The third kappa shape index (κ3) is 9.34. The summed E-state index contributed by atoms with van der Waals surface area (Å²) in [6, 6.07) is 7.67. The summed E-state index contributed by atoms with van der Waals surface area (Å²) in [6.45, 7) is 14.8. The summed E-state index contributed by atoms with van der Waals surface area (Å²) < 4.78 is 12.5. The number of unbranched alkanes of at least 4 members (excludes halogenated alkanes) is 1. The van der Waals surface area contributed by atoms with Gasteiger partial charge >= 0.3 is 0 Å². The fourth-order valence-corrected chi connectivity index (χ4v) is 4.01. The number of rotatable bonds is 14. The minimum atomic E-state index is 0.192. The smallest absolute Gasteiger partial charge is 0.212 e. The Bertz CT molecular complexity index is 1030. The summed E-state index contributed by atoms with van der Waals surface area (Å²) in [4.78, 5) is 9.36. The van der Waals surface area contributed by atoms with E-state index >= 15 is 0 Å². The van der Waals surface area contributed by atoms with Crippen LogP contribution in [0, 0.1) is 11.3 Å². The van der Waals surface area contributed by atoms with Crippen molar-refractivity contribution in [2.45, 2.75) is 84.7 Å². The second kappa shape index (κ2) is 16.3. The Morgan fingerprint density at radius 3 is 2.50 bits per heavy atom. The molecule has 1 aromatic rings. The maximum atomic E-state index is 9.52. The second-order valence-electron chi connectivity index (χ2n) is 8.85. The van der Waals surface area contributed by atoms with Crippen LogP contribution in [-0.4, -0.2) is 24.3 Å². The highest BCUT2D eigenvalue weighted by molar-refractivity contribution is 6.03. The molecule has 1 aromatic carbocycles. The van der Waals surface area contributed by atoms with Crippen LogP contribution in [0.25, 0.3) is 0 Å². The predicted molar refractivity (Wildman–Crippen MR) is 151 cm³/mol. The summed E-state index contributed by atoms with van der Waals surface area (Å²) in [5.74, 6) is 1.62. The predicted octanol–water partition coefficient (Wildman–Crippen LogP) is 8.23. The lowest BCUT2D eigenvalue weighted by Crippen LogP contribution is -2.14. The Hall–Kier alpha value is -3.39. The van der Waals surface area contributed by atoms with Gasteiger partial charge in [0.15, 0.2) is 0 Å². The van der Waals surface area contributed by atoms with Gasteiger partial charge in [0.1, 0.15) is 17.6 Å². The highest BCUT2D eigenvalue weighted by Gasteiger charge is 2.18. The van der Waals surface area contributed by atoms with Crippen LogP contribution >= 0.6 is 0 Å².